The quantitative estimate of drug-likeness (QED) is 0.650. The van der Waals surface area contributed by atoms with Crippen LogP contribution in [0, 0.1) is 0 Å². The Balaban J connectivity index is 1.65. The molecular formula is C20H16O5. The average molecular weight is 336 g/mol. The monoisotopic (exact) mass is 336 g/mol. The van der Waals surface area contributed by atoms with Crippen LogP contribution >= 0.6 is 0 Å². The van der Waals surface area contributed by atoms with Crippen LogP contribution < -0.4 is 14.2 Å². The highest BCUT2D eigenvalue weighted by atomic mass is 16.7. The van der Waals surface area contributed by atoms with Crippen molar-refractivity contribution in [2.45, 2.75) is 6.29 Å². The maximum absolute atomic E-state index is 11.3. The fourth-order valence-electron chi connectivity index (χ4n) is 2.08. The van der Waals surface area contributed by atoms with E-state index in [1.54, 1.807) is 48.5 Å². The first-order valence-electron chi connectivity index (χ1n) is 7.65. The zero-order valence-corrected chi connectivity index (χ0v) is 13.2. The molecule has 1 atom stereocenters. The van der Waals surface area contributed by atoms with Crippen molar-refractivity contribution in [2.75, 3.05) is 0 Å². The summed E-state index contributed by atoms with van der Waals surface area (Å²) in [5.74, 6) is 0.900. The minimum Gasteiger partial charge on any atom is -0.476 e. The number of carbonyl (C=O) groups is 1. The van der Waals surface area contributed by atoms with E-state index in [2.05, 4.69) is 0 Å². The summed E-state index contributed by atoms with van der Waals surface area (Å²) in [4.78, 5) is 11.3. The first-order valence-corrected chi connectivity index (χ1v) is 7.65. The molecule has 25 heavy (non-hydrogen) atoms. The van der Waals surface area contributed by atoms with Gasteiger partial charge in [0, 0.05) is 0 Å². The summed E-state index contributed by atoms with van der Waals surface area (Å²) in [5, 5.41) is 9.27. The number of ether oxygens (including phenoxy) is 3. The molecule has 5 heteroatoms. The van der Waals surface area contributed by atoms with Crippen molar-refractivity contribution in [1.29, 1.82) is 0 Å². The molecule has 0 spiro atoms. The largest absolute Gasteiger partial charge is 0.476 e. The summed E-state index contributed by atoms with van der Waals surface area (Å²) in [6.45, 7) is 0. The van der Waals surface area contributed by atoms with E-state index in [9.17, 15) is 9.90 Å². The number of hydrogen-bond acceptors (Lipinski definition) is 4. The molecule has 1 unspecified atom stereocenters. The number of para-hydroxylation sites is 2. The lowest BCUT2D eigenvalue weighted by molar-refractivity contribution is -0.158. The highest BCUT2D eigenvalue weighted by Gasteiger charge is 2.21. The van der Waals surface area contributed by atoms with Crippen molar-refractivity contribution in [3.63, 3.8) is 0 Å². The molecule has 3 aromatic carbocycles. The second-order valence-electron chi connectivity index (χ2n) is 5.11. The van der Waals surface area contributed by atoms with Gasteiger partial charge in [-0.05, 0) is 48.5 Å². The molecule has 0 aliphatic rings. The van der Waals surface area contributed by atoms with E-state index in [4.69, 9.17) is 14.2 Å². The Labute approximate surface area is 145 Å². The van der Waals surface area contributed by atoms with Crippen molar-refractivity contribution in [2.24, 2.45) is 0 Å². The number of carboxylic acids is 1. The smallest absolute Gasteiger partial charge is 0.387 e. The Kier molecular flexibility index (Phi) is 5.16. The molecule has 0 saturated carbocycles. The van der Waals surface area contributed by atoms with E-state index in [1.807, 2.05) is 36.4 Å². The zero-order chi connectivity index (χ0) is 17.5. The first kappa shape index (κ1) is 16.4. The summed E-state index contributed by atoms with van der Waals surface area (Å²) >= 11 is 0. The van der Waals surface area contributed by atoms with Gasteiger partial charge in [0.1, 0.15) is 23.0 Å². The first-order chi connectivity index (χ1) is 12.2. The lowest BCUT2D eigenvalue weighted by Crippen LogP contribution is -2.33. The molecule has 0 fully saturated rings. The Morgan fingerprint density at radius 1 is 0.640 bits per heavy atom. The van der Waals surface area contributed by atoms with Crippen molar-refractivity contribution < 1.29 is 24.1 Å². The van der Waals surface area contributed by atoms with Crippen LogP contribution in [0.15, 0.2) is 84.9 Å². The van der Waals surface area contributed by atoms with Gasteiger partial charge < -0.3 is 19.3 Å². The number of benzene rings is 3. The van der Waals surface area contributed by atoms with Crippen molar-refractivity contribution >= 4 is 5.97 Å². The van der Waals surface area contributed by atoms with Crippen molar-refractivity contribution in [1.82, 2.24) is 0 Å². The second-order valence-corrected chi connectivity index (χ2v) is 5.11. The molecule has 0 radical (unpaired) electrons. The Morgan fingerprint density at radius 2 is 1.04 bits per heavy atom. The van der Waals surface area contributed by atoms with Gasteiger partial charge in [0.05, 0.1) is 0 Å². The van der Waals surface area contributed by atoms with E-state index < -0.39 is 12.3 Å². The van der Waals surface area contributed by atoms with Crippen LogP contribution in [0.3, 0.4) is 0 Å². The summed E-state index contributed by atoms with van der Waals surface area (Å²) < 4.78 is 16.4. The van der Waals surface area contributed by atoms with Gasteiger partial charge in [-0.25, -0.2) is 4.79 Å². The second kappa shape index (κ2) is 7.88. The van der Waals surface area contributed by atoms with E-state index in [1.165, 1.54) is 0 Å². The van der Waals surface area contributed by atoms with Crippen molar-refractivity contribution in [3.05, 3.63) is 84.9 Å². The molecule has 0 aliphatic carbocycles. The highest BCUT2D eigenvalue weighted by molar-refractivity contribution is 5.71. The predicted octanol–water partition coefficient (Wildman–Crippen LogP) is 4.35. The van der Waals surface area contributed by atoms with Crippen LogP contribution in [0.2, 0.25) is 0 Å². The van der Waals surface area contributed by atoms with Gasteiger partial charge in [0.2, 0.25) is 0 Å². The third-order valence-electron chi connectivity index (χ3n) is 3.23. The van der Waals surface area contributed by atoms with Gasteiger partial charge in [-0.3, -0.25) is 0 Å². The van der Waals surface area contributed by atoms with Crippen molar-refractivity contribution in [3.8, 4) is 23.0 Å². The number of carboxylic acid groups (broad SMARTS) is 1. The molecule has 0 amide bonds. The Bertz CT molecular complexity index is 801. The highest BCUT2D eigenvalue weighted by Crippen LogP contribution is 2.24. The molecule has 1 N–H and O–H groups in total. The lowest BCUT2D eigenvalue weighted by Gasteiger charge is -2.17. The van der Waals surface area contributed by atoms with E-state index in [-0.39, 0.29) is 0 Å². The molecule has 0 bridgehead atoms. The lowest BCUT2D eigenvalue weighted by atomic mass is 10.3. The predicted molar refractivity (Wildman–Crippen MR) is 92.1 cm³/mol. The number of rotatable bonds is 7. The summed E-state index contributed by atoms with van der Waals surface area (Å²) in [5.41, 5.74) is 0. The third kappa shape index (κ3) is 4.75. The minimum absolute atomic E-state index is 0.365. The molecule has 0 aromatic heterocycles. The molecule has 0 heterocycles. The molecule has 5 nitrogen and oxygen atoms in total. The van der Waals surface area contributed by atoms with Crippen LogP contribution in [-0.4, -0.2) is 17.4 Å². The van der Waals surface area contributed by atoms with Gasteiger partial charge in [0.25, 0.3) is 0 Å². The molecule has 3 rings (SSSR count). The minimum atomic E-state index is -1.44. The van der Waals surface area contributed by atoms with Gasteiger partial charge in [0.15, 0.2) is 0 Å². The van der Waals surface area contributed by atoms with Gasteiger partial charge in [-0.15, -0.1) is 0 Å². The van der Waals surface area contributed by atoms with E-state index in [0.717, 1.165) is 0 Å². The Morgan fingerprint density at radius 3 is 1.56 bits per heavy atom. The summed E-state index contributed by atoms with van der Waals surface area (Å²) in [7, 11) is 0. The van der Waals surface area contributed by atoms with Crippen LogP contribution in [-0.2, 0) is 4.79 Å². The average Bonchev–Trinajstić information content (AvgIpc) is 2.64. The third-order valence-corrected chi connectivity index (χ3v) is 3.23. The van der Waals surface area contributed by atoms with Crippen LogP contribution in [0.5, 0.6) is 23.0 Å². The standard InChI is InChI=1S/C20H16O5/c21-19(22)20(24-16-9-5-2-6-10-16)25-18-13-11-17(12-14-18)23-15-7-3-1-4-8-15/h1-14,20H,(H,21,22). The topological polar surface area (TPSA) is 65.0 Å². The van der Waals surface area contributed by atoms with E-state index >= 15 is 0 Å². The normalized spacial score (nSPS) is 11.4. The SMILES string of the molecule is O=C(O)C(Oc1ccccc1)Oc1ccc(Oc2ccccc2)cc1. The Hall–Kier alpha value is -3.47. The fourth-order valence-corrected chi connectivity index (χ4v) is 2.08. The summed E-state index contributed by atoms with van der Waals surface area (Å²) in [6, 6.07) is 24.7. The zero-order valence-electron chi connectivity index (χ0n) is 13.2. The maximum Gasteiger partial charge on any atom is 0.387 e. The number of hydrogen-bond donors (Lipinski definition) is 1. The van der Waals surface area contributed by atoms with Crippen LogP contribution in [0.1, 0.15) is 0 Å². The summed E-state index contributed by atoms with van der Waals surface area (Å²) in [6.07, 6.45) is -1.44. The van der Waals surface area contributed by atoms with Gasteiger partial charge in [-0.1, -0.05) is 36.4 Å². The van der Waals surface area contributed by atoms with Crippen LogP contribution in [0.25, 0.3) is 0 Å². The molecular weight excluding hydrogens is 320 g/mol. The van der Waals surface area contributed by atoms with Gasteiger partial charge >= 0.3 is 12.3 Å². The van der Waals surface area contributed by atoms with Crippen LogP contribution in [0.4, 0.5) is 0 Å². The number of aliphatic carboxylic acids is 1. The molecule has 3 aromatic rings. The van der Waals surface area contributed by atoms with E-state index in [0.29, 0.717) is 23.0 Å². The van der Waals surface area contributed by atoms with Gasteiger partial charge in [-0.2, -0.15) is 0 Å². The fraction of sp³-hybridized carbons (Fsp3) is 0.0500. The molecule has 0 saturated heterocycles. The molecule has 126 valence electrons. The maximum atomic E-state index is 11.3. The molecule has 0 aliphatic heterocycles.